The summed E-state index contributed by atoms with van der Waals surface area (Å²) in [5.41, 5.74) is 0.321. The minimum absolute atomic E-state index is 0.0287. The first kappa shape index (κ1) is 15.2. The minimum Gasteiger partial charge on any atom is -0.435 e. The molecule has 1 aliphatic rings. The SMILES string of the molecule is N#CCN1CCN(C(=O)c2cccc(OC(F)F)c2)CC1. The lowest BCUT2D eigenvalue weighted by Crippen LogP contribution is -2.48. The van der Waals surface area contributed by atoms with E-state index in [1.165, 1.54) is 18.2 Å². The van der Waals surface area contributed by atoms with Gasteiger partial charge in [-0.15, -0.1) is 0 Å². The van der Waals surface area contributed by atoms with Crippen molar-refractivity contribution < 1.29 is 18.3 Å². The second kappa shape index (κ2) is 6.99. The molecule has 1 amide bonds. The first-order valence-electron chi connectivity index (χ1n) is 6.53. The van der Waals surface area contributed by atoms with Crippen LogP contribution < -0.4 is 4.74 Å². The van der Waals surface area contributed by atoms with Gasteiger partial charge in [-0.05, 0) is 18.2 Å². The molecule has 0 aliphatic carbocycles. The molecule has 1 aliphatic heterocycles. The predicted molar refractivity (Wildman–Crippen MR) is 71.0 cm³/mol. The molecule has 7 heteroatoms. The first-order chi connectivity index (χ1) is 10.1. The maximum atomic E-state index is 12.3. The molecule has 0 bridgehead atoms. The van der Waals surface area contributed by atoms with E-state index in [9.17, 15) is 13.6 Å². The molecule has 0 radical (unpaired) electrons. The van der Waals surface area contributed by atoms with Gasteiger partial charge in [-0.25, -0.2) is 0 Å². The maximum absolute atomic E-state index is 12.3. The van der Waals surface area contributed by atoms with E-state index in [1.807, 2.05) is 4.90 Å². The summed E-state index contributed by atoms with van der Waals surface area (Å²) in [6, 6.07) is 7.85. The van der Waals surface area contributed by atoms with Crippen LogP contribution in [0.5, 0.6) is 5.75 Å². The van der Waals surface area contributed by atoms with Crippen molar-refractivity contribution in [1.82, 2.24) is 9.80 Å². The van der Waals surface area contributed by atoms with E-state index < -0.39 is 6.61 Å². The fourth-order valence-electron chi connectivity index (χ4n) is 2.20. The number of alkyl halides is 2. The van der Waals surface area contributed by atoms with Crippen LogP contribution in [0.4, 0.5) is 8.78 Å². The van der Waals surface area contributed by atoms with Gasteiger partial charge in [0.15, 0.2) is 0 Å². The van der Waals surface area contributed by atoms with Crippen LogP contribution in [0.25, 0.3) is 0 Å². The van der Waals surface area contributed by atoms with Crippen LogP contribution in [0.1, 0.15) is 10.4 Å². The Balaban J connectivity index is 1.99. The third-order valence-corrected chi connectivity index (χ3v) is 3.26. The van der Waals surface area contributed by atoms with Crippen LogP contribution in [0.15, 0.2) is 24.3 Å². The van der Waals surface area contributed by atoms with Gasteiger partial charge in [0.2, 0.25) is 0 Å². The molecule has 1 saturated heterocycles. The Kier molecular flexibility index (Phi) is 5.06. The number of benzene rings is 1. The van der Waals surface area contributed by atoms with Crippen LogP contribution in [0.3, 0.4) is 0 Å². The van der Waals surface area contributed by atoms with Gasteiger partial charge in [0.1, 0.15) is 5.75 Å². The van der Waals surface area contributed by atoms with Gasteiger partial charge in [0.25, 0.3) is 5.91 Å². The van der Waals surface area contributed by atoms with E-state index >= 15 is 0 Å². The van der Waals surface area contributed by atoms with Crippen molar-refractivity contribution >= 4 is 5.91 Å². The molecular weight excluding hydrogens is 280 g/mol. The lowest BCUT2D eigenvalue weighted by atomic mass is 10.1. The van der Waals surface area contributed by atoms with Crippen molar-refractivity contribution in [3.63, 3.8) is 0 Å². The van der Waals surface area contributed by atoms with Gasteiger partial charge < -0.3 is 9.64 Å². The summed E-state index contributed by atoms with van der Waals surface area (Å²) in [4.78, 5) is 15.9. The Morgan fingerprint density at radius 1 is 1.33 bits per heavy atom. The standard InChI is InChI=1S/C14H15F2N3O2/c15-14(16)21-12-3-1-2-11(10-12)13(20)19-8-6-18(5-4-17)7-9-19/h1-3,10,14H,5-9H2. The zero-order valence-corrected chi connectivity index (χ0v) is 11.3. The number of nitriles is 1. The van der Waals surface area contributed by atoms with Crippen molar-refractivity contribution in [1.29, 1.82) is 5.26 Å². The molecule has 0 atom stereocenters. The second-order valence-corrected chi connectivity index (χ2v) is 4.63. The number of halogens is 2. The van der Waals surface area contributed by atoms with E-state index in [-0.39, 0.29) is 11.7 Å². The maximum Gasteiger partial charge on any atom is 0.387 e. The molecular formula is C14H15F2N3O2. The van der Waals surface area contributed by atoms with Crippen LogP contribution in [-0.2, 0) is 0 Å². The van der Waals surface area contributed by atoms with Crippen molar-refractivity contribution in [2.75, 3.05) is 32.7 Å². The predicted octanol–water partition coefficient (Wildman–Crippen LogP) is 1.57. The highest BCUT2D eigenvalue weighted by Crippen LogP contribution is 2.18. The third-order valence-electron chi connectivity index (χ3n) is 3.26. The largest absolute Gasteiger partial charge is 0.435 e. The molecule has 0 saturated carbocycles. The number of piperazine rings is 1. The summed E-state index contributed by atoms with van der Waals surface area (Å²) in [5, 5.41) is 8.63. The highest BCUT2D eigenvalue weighted by atomic mass is 19.3. The summed E-state index contributed by atoms with van der Waals surface area (Å²) in [6.07, 6.45) is 0. The van der Waals surface area contributed by atoms with Crippen LogP contribution in [-0.4, -0.2) is 55.0 Å². The Morgan fingerprint density at radius 2 is 2.05 bits per heavy atom. The number of ether oxygens (including phenoxy) is 1. The van der Waals surface area contributed by atoms with Gasteiger partial charge in [-0.2, -0.15) is 14.0 Å². The number of carbonyl (C=O) groups is 1. The molecule has 5 nitrogen and oxygen atoms in total. The summed E-state index contributed by atoms with van der Waals surface area (Å²) in [7, 11) is 0. The van der Waals surface area contributed by atoms with E-state index in [0.29, 0.717) is 38.3 Å². The summed E-state index contributed by atoms with van der Waals surface area (Å²) in [6.45, 7) is -0.274. The van der Waals surface area contributed by atoms with Gasteiger partial charge in [0.05, 0.1) is 12.6 Å². The Morgan fingerprint density at radius 3 is 2.67 bits per heavy atom. The molecule has 1 aromatic carbocycles. The smallest absolute Gasteiger partial charge is 0.387 e. The first-order valence-corrected chi connectivity index (χ1v) is 6.53. The number of amides is 1. The highest BCUT2D eigenvalue weighted by molar-refractivity contribution is 5.94. The highest BCUT2D eigenvalue weighted by Gasteiger charge is 2.22. The zero-order valence-electron chi connectivity index (χ0n) is 11.3. The van der Waals surface area contributed by atoms with Gasteiger partial charge in [-0.3, -0.25) is 9.69 Å². The second-order valence-electron chi connectivity index (χ2n) is 4.63. The number of nitrogens with zero attached hydrogens (tertiary/aromatic N) is 3. The van der Waals surface area contributed by atoms with E-state index in [4.69, 9.17) is 5.26 Å². The van der Waals surface area contributed by atoms with Gasteiger partial charge in [-0.1, -0.05) is 6.07 Å². The Hall–Kier alpha value is -2.20. The molecule has 0 spiro atoms. The molecule has 1 fully saturated rings. The molecule has 21 heavy (non-hydrogen) atoms. The van der Waals surface area contributed by atoms with E-state index in [2.05, 4.69) is 10.8 Å². The van der Waals surface area contributed by atoms with Crippen molar-refractivity contribution in [3.8, 4) is 11.8 Å². The monoisotopic (exact) mass is 295 g/mol. The number of hydrogen-bond donors (Lipinski definition) is 0. The fraction of sp³-hybridized carbons (Fsp3) is 0.429. The van der Waals surface area contributed by atoms with Crippen LogP contribution >= 0.6 is 0 Å². The third kappa shape index (κ3) is 4.13. The number of hydrogen-bond acceptors (Lipinski definition) is 4. The normalized spacial score (nSPS) is 15.8. The molecule has 1 aromatic rings. The summed E-state index contributed by atoms with van der Waals surface area (Å²) >= 11 is 0. The van der Waals surface area contributed by atoms with Crippen LogP contribution in [0.2, 0.25) is 0 Å². The molecule has 112 valence electrons. The molecule has 1 heterocycles. The number of carbonyl (C=O) groups excluding carboxylic acids is 1. The van der Waals surface area contributed by atoms with Gasteiger partial charge in [0, 0.05) is 31.7 Å². The zero-order chi connectivity index (χ0) is 15.2. The summed E-state index contributed by atoms with van der Waals surface area (Å²) in [5.74, 6) is -0.245. The van der Waals surface area contributed by atoms with Crippen molar-refractivity contribution in [2.24, 2.45) is 0 Å². The van der Waals surface area contributed by atoms with Crippen LogP contribution in [0, 0.1) is 11.3 Å². The number of rotatable bonds is 4. The molecule has 0 aromatic heterocycles. The lowest BCUT2D eigenvalue weighted by Gasteiger charge is -2.33. The average molecular weight is 295 g/mol. The van der Waals surface area contributed by atoms with E-state index in [1.54, 1.807) is 11.0 Å². The molecule has 0 unspecified atom stereocenters. The Bertz CT molecular complexity index is 537. The van der Waals surface area contributed by atoms with E-state index in [0.717, 1.165) is 0 Å². The quantitative estimate of drug-likeness (QED) is 0.791. The average Bonchev–Trinajstić information content (AvgIpc) is 2.47. The summed E-state index contributed by atoms with van der Waals surface area (Å²) < 4.78 is 28.6. The topological polar surface area (TPSA) is 56.6 Å². The van der Waals surface area contributed by atoms with Crippen molar-refractivity contribution in [2.45, 2.75) is 6.61 Å². The minimum atomic E-state index is -2.91. The van der Waals surface area contributed by atoms with Crippen molar-refractivity contribution in [3.05, 3.63) is 29.8 Å². The Labute approximate surface area is 121 Å². The van der Waals surface area contributed by atoms with Gasteiger partial charge >= 0.3 is 6.61 Å². The molecule has 0 N–H and O–H groups in total. The lowest BCUT2D eigenvalue weighted by molar-refractivity contribution is -0.0499. The fourth-order valence-corrected chi connectivity index (χ4v) is 2.20. The molecule has 2 rings (SSSR count).